The Kier molecular flexibility index (Phi) is 5.59. The Morgan fingerprint density at radius 1 is 1.15 bits per heavy atom. The second kappa shape index (κ2) is 7.91. The minimum absolute atomic E-state index is 0.0498. The van der Waals surface area contributed by atoms with Crippen LogP contribution in [0.1, 0.15) is 31.7 Å². The van der Waals surface area contributed by atoms with E-state index in [1.54, 1.807) is 11.0 Å². The zero-order valence-corrected chi connectivity index (χ0v) is 15.6. The number of hydrogen-bond acceptors (Lipinski definition) is 2. The first-order valence-corrected chi connectivity index (χ1v) is 9.36. The summed E-state index contributed by atoms with van der Waals surface area (Å²) in [7, 11) is 0. The van der Waals surface area contributed by atoms with Crippen molar-refractivity contribution in [1.82, 2.24) is 4.90 Å². The summed E-state index contributed by atoms with van der Waals surface area (Å²) in [5.74, 6) is -0.603. The predicted molar refractivity (Wildman–Crippen MR) is 103 cm³/mol. The second-order valence-electron chi connectivity index (χ2n) is 7.30. The SMILES string of the molecule is CCC(=O)N1CCC[C@](Cc2cccc(-c3cccc(F)c3)c2)(C(N)=O)C1. The minimum atomic E-state index is -0.760. The number of rotatable bonds is 5. The highest BCUT2D eigenvalue weighted by molar-refractivity contribution is 5.83. The standard InChI is InChI=1S/C22H25FN2O2/c1-2-20(26)25-11-5-10-22(15-25,21(24)27)14-16-6-3-7-17(12-16)18-8-4-9-19(23)13-18/h3-4,6-9,12-13H,2,5,10-11,14-15H2,1H3,(H2,24,27)/t22-/m1/s1. The molecule has 2 amide bonds. The molecule has 27 heavy (non-hydrogen) atoms. The van der Waals surface area contributed by atoms with E-state index in [-0.39, 0.29) is 17.6 Å². The molecule has 0 unspecified atom stereocenters. The molecule has 2 aromatic rings. The van der Waals surface area contributed by atoms with Crippen molar-refractivity contribution < 1.29 is 14.0 Å². The first-order chi connectivity index (χ1) is 12.9. The van der Waals surface area contributed by atoms with Crippen molar-refractivity contribution in [3.05, 3.63) is 59.9 Å². The van der Waals surface area contributed by atoms with Gasteiger partial charge in [0.2, 0.25) is 11.8 Å². The number of likely N-dealkylation sites (tertiary alicyclic amines) is 1. The third-order valence-electron chi connectivity index (χ3n) is 5.38. The highest BCUT2D eigenvalue weighted by atomic mass is 19.1. The summed E-state index contributed by atoms with van der Waals surface area (Å²) >= 11 is 0. The lowest BCUT2D eigenvalue weighted by molar-refractivity contribution is -0.139. The Bertz CT molecular complexity index is 852. The van der Waals surface area contributed by atoms with Gasteiger partial charge in [-0.1, -0.05) is 43.3 Å². The van der Waals surface area contributed by atoms with Crippen molar-refractivity contribution >= 4 is 11.8 Å². The van der Waals surface area contributed by atoms with Gasteiger partial charge in [0.15, 0.2) is 0 Å². The van der Waals surface area contributed by atoms with E-state index < -0.39 is 5.41 Å². The van der Waals surface area contributed by atoms with E-state index in [9.17, 15) is 14.0 Å². The van der Waals surface area contributed by atoms with Crippen LogP contribution in [0.25, 0.3) is 11.1 Å². The molecule has 5 heteroatoms. The fourth-order valence-corrected chi connectivity index (χ4v) is 3.92. The van der Waals surface area contributed by atoms with Crippen LogP contribution >= 0.6 is 0 Å². The second-order valence-corrected chi connectivity index (χ2v) is 7.30. The number of carbonyl (C=O) groups excluding carboxylic acids is 2. The van der Waals surface area contributed by atoms with Gasteiger partial charge in [-0.3, -0.25) is 9.59 Å². The van der Waals surface area contributed by atoms with Gasteiger partial charge in [0.05, 0.1) is 5.41 Å². The third-order valence-corrected chi connectivity index (χ3v) is 5.38. The summed E-state index contributed by atoms with van der Waals surface area (Å²) in [6.07, 6.45) is 2.32. The lowest BCUT2D eigenvalue weighted by Crippen LogP contribution is -2.53. The molecule has 1 fully saturated rings. The van der Waals surface area contributed by atoms with Gasteiger partial charge in [0.25, 0.3) is 0 Å². The molecule has 0 spiro atoms. The lowest BCUT2D eigenvalue weighted by Gasteiger charge is -2.41. The molecule has 0 saturated carbocycles. The largest absolute Gasteiger partial charge is 0.369 e. The van der Waals surface area contributed by atoms with Crippen LogP contribution in [0.5, 0.6) is 0 Å². The maximum Gasteiger partial charge on any atom is 0.225 e. The van der Waals surface area contributed by atoms with Crippen LogP contribution in [0.4, 0.5) is 4.39 Å². The number of amides is 2. The summed E-state index contributed by atoms with van der Waals surface area (Å²) in [6, 6.07) is 14.2. The van der Waals surface area contributed by atoms with Gasteiger partial charge in [-0.15, -0.1) is 0 Å². The zero-order chi connectivity index (χ0) is 19.4. The smallest absolute Gasteiger partial charge is 0.225 e. The van der Waals surface area contributed by atoms with E-state index in [1.165, 1.54) is 12.1 Å². The maximum atomic E-state index is 13.5. The molecule has 1 saturated heterocycles. The molecule has 0 bridgehead atoms. The lowest BCUT2D eigenvalue weighted by atomic mass is 9.74. The fourth-order valence-electron chi connectivity index (χ4n) is 3.92. The van der Waals surface area contributed by atoms with Crippen molar-refractivity contribution in [2.45, 2.75) is 32.6 Å². The van der Waals surface area contributed by atoms with Crippen LogP contribution in [0.3, 0.4) is 0 Å². The van der Waals surface area contributed by atoms with Crippen molar-refractivity contribution in [3.63, 3.8) is 0 Å². The number of benzene rings is 2. The van der Waals surface area contributed by atoms with Crippen LogP contribution in [0.15, 0.2) is 48.5 Å². The van der Waals surface area contributed by atoms with E-state index in [0.29, 0.717) is 32.4 Å². The first kappa shape index (κ1) is 19.1. The van der Waals surface area contributed by atoms with Gasteiger partial charge in [-0.25, -0.2) is 4.39 Å². The van der Waals surface area contributed by atoms with Gasteiger partial charge in [-0.2, -0.15) is 0 Å². The number of nitrogens with zero attached hydrogens (tertiary/aromatic N) is 1. The van der Waals surface area contributed by atoms with Gasteiger partial charge in [0.1, 0.15) is 5.82 Å². The Morgan fingerprint density at radius 2 is 1.85 bits per heavy atom. The molecule has 0 aliphatic carbocycles. The van der Waals surface area contributed by atoms with Crippen LogP contribution in [0, 0.1) is 11.2 Å². The number of piperidine rings is 1. The first-order valence-electron chi connectivity index (χ1n) is 9.36. The summed E-state index contributed by atoms with van der Waals surface area (Å²) < 4.78 is 13.5. The van der Waals surface area contributed by atoms with E-state index in [1.807, 2.05) is 37.3 Å². The molecular formula is C22H25FN2O2. The topological polar surface area (TPSA) is 63.4 Å². The van der Waals surface area contributed by atoms with E-state index in [4.69, 9.17) is 5.73 Å². The van der Waals surface area contributed by atoms with E-state index >= 15 is 0 Å². The normalized spacial score (nSPS) is 19.7. The quantitative estimate of drug-likeness (QED) is 0.877. The van der Waals surface area contributed by atoms with Gasteiger partial charge >= 0.3 is 0 Å². The molecule has 0 radical (unpaired) electrons. The molecule has 2 N–H and O–H groups in total. The molecule has 0 aromatic heterocycles. The van der Waals surface area contributed by atoms with Crippen molar-refractivity contribution in [3.8, 4) is 11.1 Å². The van der Waals surface area contributed by atoms with Crippen LogP contribution < -0.4 is 5.73 Å². The third kappa shape index (κ3) is 4.18. The highest BCUT2D eigenvalue weighted by Crippen LogP contribution is 2.35. The number of carbonyl (C=O) groups is 2. The Morgan fingerprint density at radius 3 is 2.52 bits per heavy atom. The number of nitrogens with two attached hydrogens (primary N) is 1. The van der Waals surface area contributed by atoms with Crippen LogP contribution in [-0.2, 0) is 16.0 Å². The predicted octanol–water partition coefficient (Wildman–Crippen LogP) is 3.54. The Balaban J connectivity index is 1.88. The Labute approximate surface area is 159 Å². The van der Waals surface area contributed by atoms with E-state index in [2.05, 4.69) is 0 Å². The summed E-state index contributed by atoms with van der Waals surface area (Å²) in [4.78, 5) is 26.3. The number of halogens is 1. The average Bonchev–Trinajstić information content (AvgIpc) is 2.67. The minimum Gasteiger partial charge on any atom is -0.369 e. The molecule has 1 aliphatic heterocycles. The Hall–Kier alpha value is -2.69. The summed E-state index contributed by atoms with van der Waals surface area (Å²) in [5.41, 5.74) is 7.68. The summed E-state index contributed by atoms with van der Waals surface area (Å²) in [5, 5.41) is 0. The van der Waals surface area contributed by atoms with Gasteiger partial charge < -0.3 is 10.6 Å². The highest BCUT2D eigenvalue weighted by Gasteiger charge is 2.41. The number of hydrogen-bond donors (Lipinski definition) is 1. The number of primary amides is 1. The molecule has 1 atom stereocenters. The molecule has 4 nitrogen and oxygen atoms in total. The molecule has 2 aromatic carbocycles. The van der Waals surface area contributed by atoms with Crippen molar-refractivity contribution in [1.29, 1.82) is 0 Å². The van der Waals surface area contributed by atoms with Crippen LogP contribution in [0.2, 0.25) is 0 Å². The molecule has 3 rings (SSSR count). The van der Waals surface area contributed by atoms with Gasteiger partial charge in [0, 0.05) is 19.5 Å². The summed E-state index contributed by atoms with van der Waals surface area (Å²) in [6.45, 7) is 2.86. The maximum absolute atomic E-state index is 13.5. The molecule has 142 valence electrons. The fraction of sp³-hybridized carbons (Fsp3) is 0.364. The molecule has 1 aliphatic rings. The molecular weight excluding hydrogens is 343 g/mol. The zero-order valence-electron chi connectivity index (χ0n) is 15.6. The molecule has 1 heterocycles. The van der Waals surface area contributed by atoms with Crippen molar-refractivity contribution in [2.24, 2.45) is 11.1 Å². The van der Waals surface area contributed by atoms with E-state index in [0.717, 1.165) is 23.1 Å². The monoisotopic (exact) mass is 368 g/mol. The van der Waals surface area contributed by atoms with Crippen LogP contribution in [-0.4, -0.2) is 29.8 Å². The van der Waals surface area contributed by atoms with Gasteiger partial charge in [-0.05, 0) is 48.1 Å². The average molecular weight is 368 g/mol. The van der Waals surface area contributed by atoms with Crippen molar-refractivity contribution in [2.75, 3.05) is 13.1 Å².